The number of carbonyl (C=O) groups is 1. The molecule has 1 unspecified atom stereocenters. The number of hydrogen-bond acceptors (Lipinski definition) is 14. The molecule has 57 heavy (non-hydrogen) atoms. The summed E-state index contributed by atoms with van der Waals surface area (Å²) in [5.41, 5.74) is 0. The number of rotatable bonds is 48. The van der Waals surface area contributed by atoms with Gasteiger partial charge in [0.15, 0.2) is 6.29 Å². The molecule has 0 aromatic heterocycles. The lowest BCUT2D eigenvalue weighted by molar-refractivity contribution is -0.169. The molecule has 0 aromatic carbocycles. The number of esters is 1. The molecule has 1 aliphatic rings. The predicted octanol–water partition coefficient (Wildman–Crippen LogP) is 6.72. The molecule has 1 heterocycles. The minimum absolute atomic E-state index is 0.0688. The first-order chi connectivity index (χ1) is 28.3. The third-order valence-corrected chi connectivity index (χ3v) is 8.99. The Morgan fingerprint density at radius 2 is 0.719 bits per heavy atom. The van der Waals surface area contributed by atoms with Crippen LogP contribution in [0.2, 0.25) is 0 Å². The van der Waals surface area contributed by atoms with Crippen LogP contribution in [-0.4, -0.2) is 164 Å². The van der Waals surface area contributed by atoms with Crippen LogP contribution in [0.3, 0.4) is 0 Å². The van der Waals surface area contributed by atoms with Gasteiger partial charge in [-0.3, -0.25) is 4.79 Å². The minimum Gasteiger partial charge on any atom is -0.463 e. The summed E-state index contributed by atoms with van der Waals surface area (Å²) in [6, 6.07) is 0. The summed E-state index contributed by atoms with van der Waals surface area (Å²) in [6.07, 6.45) is 20.5. The largest absolute Gasteiger partial charge is 0.463 e. The maximum Gasteiger partial charge on any atom is 0.305 e. The van der Waals surface area contributed by atoms with Crippen molar-refractivity contribution >= 4 is 5.97 Å². The average molecular weight is 825 g/mol. The Labute approximate surface area is 346 Å². The Morgan fingerprint density at radius 1 is 0.404 bits per heavy atom. The zero-order chi connectivity index (χ0) is 40.6. The second-order valence-corrected chi connectivity index (χ2v) is 14.0. The van der Waals surface area contributed by atoms with E-state index in [-0.39, 0.29) is 18.9 Å². The maximum absolute atomic E-state index is 11.9. The minimum atomic E-state index is -0.132. The molecule has 0 aromatic rings. The Bertz CT molecular complexity index is 774. The third-order valence-electron chi connectivity index (χ3n) is 8.99. The molecule has 0 N–H and O–H groups in total. The van der Waals surface area contributed by atoms with Crippen molar-refractivity contribution in [1.82, 2.24) is 0 Å². The van der Waals surface area contributed by atoms with Gasteiger partial charge in [0.25, 0.3) is 0 Å². The zero-order valence-corrected chi connectivity index (χ0v) is 36.1. The van der Waals surface area contributed by atoms with E-state index in [1.807, 2.05) is 0 Å². The van der Waals surface area contributed by atoms with Crippen LogP contribution < -0.4 is 0 Å². The van der Waals surface area contributed by atoms with E-state index in [1.165, 1.54) is 70.6 Å². The van der Waals surface area contributed by atoms with Crippen molar-refractivity contribution in [3.63, 3.8) is 0 Å². The highest BCUT2D eigenvalue weighted by atomic mass is 16.7. The summed E-state index contributed by atoms with van der Waals surface area (Å²) in [5.74, 6) is -0.132. The first-order valence-electron chi connectivity index (χ1n) is 22.5. The first-order valence-corrected chi connectivity index (χ1v) is 22.5. The van der Waals surface area contributed by atoms with Crippen LogP contribution in [0.5, 0.6) is 0 Å². The van der Waals surface area contributed by atoms with E-state index in [0.717, 1.165) is 38.7 Å². The van der Waals surface area contributed by atoms with E-state index in [2.05, 4.69) is 6.92 Å². The molecule has 1 rings (SSSR count). The van der Waals surface area contributed by atoms with Gasteiger partial charge >= 0.3 is 5.97 Å². The Morgan fingerprint density at radius 3 is 1.05 bits per heavy atom. The molecular weight excluding hydrogens is 740 g/mol. The average Bonchev–Trinajstić information content (AvgIpc) is 3.23. The molecule has 1 fully saturated rings. The van der Waals surface area contributed by atoms with Crippen molar-refractivity contribution in [2.45, 2.75) is 122 Å². The van der Waals surface area contributed by atoms with E-state index in [4.69, 9.17) is 61.6 Å². The van der Waals surface area contributed by atoms with E-state index in [0.29, 0.717) is 145 Å². The number of ether oxygens (including phenoxy) is 13. The van der Waals surface area contributed by atoms with Crippen molar-refractivity contribution in [2.24, 2.45) is 0 Å². The normalized spacial score (nSPS) is 14.4. The highest BCUT2D eigenvalue weighted by Gasteiger charge is 2.13. The summed E-state index contributed by atoms with van der Waals surface area (Å²) in [4.78, 5) is 11.9. The molecule has 14 heteroatoms. The van der Waals surface area contributed by atoms with Gasteiger partial charge in [-0.2, -0.15) is 0 Å². The maximum atomic E-state index is 11.9. The number of unbranched alkanes of at least 4 members (excludes halogenated alkanes) is 12. The molecule has 0 radical (unpaired) electrons. The first kappa shape index (κ1) is 54.0. The van der Waals surface area contributed by atoms with Gasteiger partial charge < -0.3 is 61.6 Å². The lowest BCUT2D eigenvalue weighted by Gasteiger charge is -2.22. The predicted molar refractivity (Wildman–Crippen MR) is 219 cm³/mol. The smallest absolute Gasteiger partial charge is 0.305 e. The zero-order valence-electron chi connectivity index (χ0n) is 36.1. The van der Waals surface area contributed by atoms with Crippen molar-refractivity contribution in [1.29, 1.82) is 0 Å². The van der Waals surface area contributed by atoms with Gasteiger partial charge in [0, 0.05) is 13.0 Å². The summed E-state index contributed by atoms with van der Waals surface area (Å²) < 4.78 is 71.4. The molecule has 1 atom stereocenters. The van der Waals surface area contributed by atoms with Crippen LogP contribution in [0.4, 0.5) is 0 Å². The van der Waals surface area contributed by atoms with Crippen LogP contribution >= 0.6 is 0 Å². The fourth-order valence-corrected chi connectivity index (χ4v) is 5.74. The van der Waals surface area contributed by atoms with Gasteiger partial charge in [0.05, 0.1) is 139 Å². The Balaban J connectivity index is 1.62. The van der Waals surface area contributed by atoms with Gasteiger partial charge in [-0.25, -0.2) is 0 Å². The fourth-order valence-electron chi connectivity index (χ4n) is 5.74. The van der Waals surface area contributed by atoms with E-state index < -0.39 is 0 Å². The van der Waals surface area contributed by atoms with Crippen LogP contribution in [-0.2, 0) is 66.4 Å². The molecular formula is C43H84O14. The Hall–Kier alpha value is -1.01. The molecule has 14 nitrogen and oxygen atoms in total. The lowest BCUT2D eigenvalue weighted by atomic mass is 10.0. The van der Waals surface area contributed by atoms with Crippen molar-refractivity contribution in [3.05, 3.63) is 0 Å². The van der Waals surface area contributed by atoms with Crippen LogP contribution in [0.25, 0.3) is 0 Å². The molecule has 340 valence electrons. The SMILES string of the molecule is CCCCCCCCCCCCCCCC(=O)OCCOCCOCCOCCOCCOCCOCCOCCOCCOCCOCCOC1CCCCO1. The second kappa shape index (κ2) is 47.7. The summed E-state index contributed by atoms with van der Waals surface area (Å²) >= 11 is 0. The summed E-state index contributed by atoms with van der Waals surface area (Å²) in [7, 11) is 0. The highest BCUT2D eigenvalue weighted by Crippen LogP contribution is 2.14. The standard InChI is InChI=1S/C43H84O14/c1-2-3-4-5-6-7-8-9-10-11-12-13-14-17-42(44)55-40-38-53-36-34-51-32-30-49-28-26-47-24-22-45-20-21-46-23-25-48-27-29-50-31-33-52-35-37-54-39-41-57-43-18-15-16-19-56-43/h43H,2-41H2,1H3. The van der Waals surface area contributed by atoms with Crippen LogP contribution in [0, 0.1) is 0 Å². The Kier molecular flexibility index (Phi) is 45.2. The third kappa shape index (κ3) is 44.4. The second-order valence-electron chi connectivity index (χ2n) is 14.0. The molecule has 1 saturated heterocycles. The van der Waals surface area contributed by atoms with Crippen LogP contribution in [0.1, 0.15) is 116 Å². The van der Waals surface area contributed by atoms with Crippen molar-refractivity contribution in [3.8, 4) is 0 Å². The molecule has 0 saturated carbocycles. The van der Waals surface area contributed by atoms with Crippen LogP contribution in [0.15, 0.2) is 0 Å². The van der Waals surface area contributed by atoms with Crippen molar-refractivity contribution in [2.75, 3.05) is 152 Å². The molecule has 0 amide bonds. The fraction of sp³-hybridized carbons (Fsp3) is 0.977. The molecule has 0 aliphatic carbocycles. The molecule has 0 spiro atoms. The van der Waals surface area contributed by atoms with Gasteiger partial charge in [-0.05, 0) is 25.7 Å². The number of carbonyl (C=O) groups excluding carboxylic acids is 1. The quantitative estimate of drug-likeness (QED) is 0.0474. The van der Waals surface area contributed by atoms with Gasteiger partial charge in [-0.15, -0.1) is 0 Å². The number of hydrogen-bond donors (Lipinski definition) is 0. The van der Waals surface area contributed by atoms with E-state index >= 15 is 0 Å². The highest BCUT2D eigenvalue weighted by molar-refractivity contribution is 5.69. The lowest BCUT2D eigenvalue weighted by Crippen LogP contribution is -2.24. The van der Waals surface area contributed by atoms with E-state index in [1.54, 1.807) is 0 Å². The van der Waals surface area contributed by atoms with Crippen molar-refractivity contribution < 1.29 is 66.4 Å². The molecule has 0 bridgehead atoms. The van der Waals surface area contributed by atoms with Gasteiger partial charge in [0.1, 0.15) is 6.61 Å². The van der Waals surface area contributed by atoms with E-state index in [9.17, 15) is 4.79 Å². The van der Waals surface area contributed by atoms with Gasteiger partial charge in [-0.1, -0.05) is 84.0 Å². The monoisotopic (exact) mass is 825 g/mol. The molecule has 1 aliphatic heterocycles. The summed E-state index contributed by atoms with van der Waals surface area (Å²) in [5, 5.41) is 0. The topological polar surface area (TPSA) is 137 Å². The van der Waals surface area contributed by atoms with Gasteiger partial charge in [0.2, 0.25) is 0 Å². The summed E-state index contributed by atoms with van der Waals surface area (Å²) in [6.45, 7) is 13.9.